The quantitative estimate of drug-likeness (QED) is 0.423. The topological polar surface area (TPSA) is 36.9 Å². The number of hydrogen-bond donors (Lipinski definition) is 1. The Labute approximate surface area is 125 Å². The first-order chi connectivity index (χ1) is 9.67. The molecule has 0 aromatic rings. The SMILES string of the molecule is CCOCCCCNC(=NC)N1CCC(CC(C)C)C1. The first-order valence-corrected chi connectivity index (χ1v) is 8.20. The monoisotopic (exact) mass is 283 g/mol. The van der Waals surface area contributed by atoms with Crippen LogP contribution in [-0.2, 0) is 4.74 Å². The molecule has 0 bridgehead atoms. The zero-order chi connectivity index (χ0) is 14.8. The van der Waals surface area contributed by atoms with Gasteiger partial charge in [-0.3, -0.25) is 4.99 Å². The van der Waals surface area contributed by atoms with Gasteiger partial charge in [0.15, 0.2) is 5.96 Å². The van der Waals surface area contributed by atoms with Crippen molar-refractivity contribution in [2.75, 3.05) is 39.9 Å². The van der Waals surface area contributed by atoms with Crippen molar-refractivity contribution in [2.24, 2.45) is 16.8 Å². The molecule has 0 aliphatic carbocycles. The van der Waals surface area contributed by atoms with Crippen LogP contribution in [0.3, 0.4) is 0 Å². The van der Waals surface area contributed by atoms with Gasteiger partial charge in [-0.2, -0.15) is 0 Å². The lowest BCUT2D eigenvalue weighted by atomic mass is 9.97. The number of nitrogens with one attached hydrogen (secondary N) is 1. The lowest BCUT2D eigenvalue weighted by Gasteiger charge is -2.22. The molecular formula is C16H33N3O. The van der Waals surface area contributed by atoms with Crippen molar-refractivity contribution in [3.8, 4) is 0 Å². The molecule has 0 aromatic carbocycles. The Bertz CT molecular complexity index is 279. The standard InChI is InChI=1S/C16H33N3O/c1-5-20-11-7-6-9-18-16(17-4)19-10-8-15(13-19)12-14(2)3/h14-15H,5-13H2,1-4H3,(H,17,18). The number of ether oxygens (including phenoxy) is 1. The number of hydrogen-bond acceptors (Lipinski definition) is 2. The first-order valence-electron chi connectivity index (χ1n) is 8.20. The van der Waals surface area contributed by atoms with E-state index in [1.54, 1.807) is 0 Å². The van der Waals surface area contributed by atoms with Gasteiger partial charge in [0.05, 0.1) is 0 Å². The van der Waals surface area contributed by atoms with E-state index in [-0.39, 0.29) is 0 Å². The molecular weight excluding hydrogens is 250 g/mol. The summed E-state index contributed by atoms with van der Waals surface area (Å²) in [6.45, 7) is 11.7. The molecule has 4 nitrogen and oxygen atoms in total. The van der Waals surface area contributed by atoms with Crippen LogP contribution in [0.25, 0.3) is 0 Å². The zero-order valence-electron chi connectivity index (χ0n) is 13.8. The molecule has 0 amide bonds. The lowest BCUT2D eigenvalue weighted by Crippen LogP contribution is -2.40. The minimum Gasteiger partial charge on any atom is -0.382 e. The fraction of sp³-hybridized carbons (Fsp3) is 0.938. The molecule has 20 heavy (non-hydrogen) atoms. The summed E-state index contributed by atoms with van der Waals surface area (Å²) in [5, 5.41) is 3.48. The molecule has 1 saturated heterocycles. The average molecular weight is 283 g/mol. The van der Waals surface area contributed by atoms with E-state index in [2.05, 4.69) is 29.1 Å². The van der Waals surface area contributed by atoms with E-state index >= 15 is 0 Å². The third-order valence-electron chi connectivity index (χ3n) is 3.80. The van der Waals surface area contributed by atoms with Crippen LogP contribution in [0, 0.1) is 11.8 Å². The lowest BCUT2D eigenvalue weighted by molar-refractivity contribution is 0.143. The predicted octanol–water partition coefficient (Wildman–Crippen LogP) is 2.75. The van der Waals surface area contributed by atoms with Crippen molar-refractivity contribution in [2.45, 2.75) is 46.5 Å². The third kappa shape index (κ3) is 6.60. The van der Waals surface area contributed by atoms with Gasteiger partial charge in [0, 0.05) is 39.9 Å². The molecule has 1 N–H and O–H groups in total. The summed E-state index contributed by atoms with van der Waals surface area (Å²) in [6.07, 6.45) is 4.90. The highest BCUT2D eigenvalue weighted by Crippen LogP contribution is 2.23. The van der Waals surface area contributed by atoms with E-state index in [1.165, 1.54) is 12.8 Å². The maximum Gasteiger partial charge on any atom is 0.193 e. The number of rotatable bonds is 8. The number of likely N-dealkylation sites (tertiary alicyclic amines) is 1. The summed E-state index contributed by atoms with van der Waals surface area (Å²) < 4.78 is 5.35. The van der Waals surface area contributed by atoms with Crippen LogP contribution in [0.15, 0.2) is 4.99 Å². The minimum atomic E-state index is 0.800. The van der Waals surface area contributed by atoms with Crippen LogP contribution in [-0.4, -0.2) is 50.8 Å². The molecule has 1 fully saturated rings. The van der Waals surface area contributed by atoms with Crippen LogP contribution < -0.4 is 5.32 Å². The second-order valence-corrected chi connectivity index (χ2v) is 6.11. The van der Waals surface area contributed by atoms with E-state index in [4.69, 9.17) is 4.74 Å². The normalized spacial score (nSPS) is 19.9. The molecule has 1 aliphatic heterocycles. The number of unbranched alkanes of at least 4 members (excludes halogenated alkanes) is 1. The Morgan fingerprint density at radius 1 is 1.40 bits per heavy atom. The predicted molar refractivity (Wildman–Crippen MR) is 86.2 cm³/mol. The van der Waals surface area contributed by atoms with Gasteiger partial charge in [0.25, 0.3) is 0 Å². The third-order valence-corrected chi connectivity index (χ3v) is 3.80. The summed E-state index contributed by atoms with van der Waals surface area (Å²) in [4.78, 5) is 6.83. The fourth-order valence-electron chi connectivity index (χ4n) is 2.89. The van der Waals surface area contributed by atoms with Gasteiger partial charge in [0.1, 0.15) is 0 Å². The van der Waals surface area contributed by atoms with E-state index in [1.807, 2.05) is 14.0 Å². The maximum atomic E-state index is 5.35. The summed E-state index contributed by atoms with van der Waals surface area (Å²) >= 11 is 0. The van der Waals surface area contributed by atoms with Gasteiger partial charge >= 0.3 is 0 Å². The summed E-state index contributed by atoms with van der Waals surface area (Å²) in [5.74, 6) is 2.72. The zero-order valence-corrected chi connectivity index (χ0v) is 13.8. The highest BCUT2D eigenvalue weighted by molar-refractivity contribution is 5.80. The van der Waals surface area contributed by atoms with E-state index in [0.717, 1.165) is 63.5 Å². The number of nitrogens with zero attached hydrogens (tertiary/aromatic N) is 2. The van der Waals surface area contributed by atoms with Gasteiger partial charge in [-0.1, -0.05) is 13.8 Å². The minimum absolute atomic E-state index is 0.800. The van der Waals surface area contributed by atoms with Crippen LogP contribution in [0.4, 0.5) is 0 Å². The number of aliphatic imine (C=N–C) groups is 1. The van der Waals surface area contributed by atoms with Crippen molar-refractivity contribution in [3.63, 3.8) is 0 Å². The Morgan fingerprint density at radius 2 is 2.20 bits per heavy atom. The molecule has 1 heterocycles. The summed E-state index contributed by atoms with van der Waals surface area (Å²) in [7, 11) is 1.89. The summed E-state index contributed by atoms with van der Waals surface area (Å²) in [6, 6.07) is 0. The van der Waals surface area contributed by atoms with Crippen molar-refractivity contribution in [3.05, 3.63) is 0 Å². The first kappa shape index (κ1) is 17.3. The molecule has 1 rings (SSSR count). The van der Waals surface area contributed by atoms with Gasteiger partial charge in [0.2, 0.25) is 0 Å². The molecule has 0 radical (unpaired) electrons. The van der Waals surface area contributed by atoms with E-state index in [0.29, 0.717) is 0 Å². The number of guanidine groups is 1. The highest BCUT2D eigenvalue weighted by Gasteiger charge is 2.24. The van der Waals surface area contributed by atoms with Crippen molar-refractivity contribution in [1.82, 2.24) is 10.2 Å². The molecule has 1 aliphatic rings. The smallest absolute Gasteiger partial charge is 0.193 e. The van der Waals surface area contributed by atoms with E-state index < -0.39 is 0 Å². The average Bonchev–Trinajstić information content (AvgIpc) is 2.85. The second kappa shape index (κ2) is 10.0. The molecule has 1 unspecified atom stereocenters. The second-order valence-electron chi connectivity index (χ2n) is 6.11. The highest BCUT2D eigenvalue weighted by atomic mass is 16.5. The molecule has 0 aromatic heterocycles. The van der Waals surface area contributed by atoms with Gasteiger partial charge in [-0.25, -0.2) is 0 Å². The fourth-order valence-corrected chi connectivity index (χ4v) is 2.89. The Hall–Kier alpha value is -0.770. The summed E-state index contributed by atoms with van der Waals surface area (Å²) in [5.41, 5.74) is 0. The van der Waals surface area contributed by atoms with Crippen LogP contribution in [0.5, 0.6) is 0 Å². The largest absolute Gasteiger partial charge is 0.382 e. The Balaban J connectivity index is 2.20. The van der Waals surface area contributed by atoms with Gasteiger partial charge < -0.3 is 15.0 Å². The van der Waals surface area contributed by atoms with Gasteiger partial charge in [-0.15, -0.1) is 0 Å². The van der Waals surface area contributed by atoms with Crippen molar-refractivity contribution < 1.29 is 4.74 Å². The van der Waals surface area contributed by atoms with E-state index in [9.17, 15) is 0 Å². The van der Waals surface area contributed by atoms with Crippen LogP contribution in [0.1, 0.15) is 46.5 Å². The molecule has 118 valence electrons. The van der Waals surface area contributed by atoms with Crippen LogP contribution >= 0.6 is 0 Å². The Morgan fingerprint density at radius 3 is 2.85 bits per heavy atom. The van der Waals surface area contributed by atoms with Crippen molar-refractivity contribution in [1.29, 1.82) is 0 Å². The molecule has 0 saturated carbocycles. The Kier molecular flexibility index (Phi) is 8.67. The maximum absolute atomic E-state index is 5.35. The molecule has 0 spiro atoms. The molecule has 4 heteroatoms. The molecule has 1 atom stereocenters. The van der Waals surface area contributed by atoms with Crippen molar-refractivity contribution >= 4 is 5.96 Å². The van der Waals surface area contributed by atoms with Gasteiger partial charge in [-0.05, 0) is 44.4 Å². The van der Waals surface area contributed by atoms with Crippen LogP contribution in [0.2, 0.25) is 0 Å².